The van der Waals surface area contributed by atoms with Crippen molar-refractivity contribution in [3.8, 4) is 11.8 Å². The summed E-state index contributed by atoms with van der Waals surface area (Å²) in [6.45, 7) is 0. The molecule has 0 heterocycles. The number of nitrogens with two attached hydrogens (primary N) is 1. The summed E-state index contributed by atoms with van der Waals surface area (Å²) in [5.74, 6) is -0.155. The van der Waals surface area contributed by atoms with Gasteiger partial charge in [0.15, 0.2) is 0 Å². The van der Waals surface area contributed by atoms with Crippen LogP contribution in [0.3, 0.4) is 0 Å². The lowest BCUT2D eigenvalue weighted by Crippen LogP contribution is -2.15. The first-order valence-electron chi connectivity index (χ1n) is 5.96. The first kappa shape index (κ1) is 13.4. The predicted molar refractivity (Wildman–Crippen MR) is 76.0 cm³/mol. The van der Waals surface area contributed by atoms with Gasteiger partial charge in [0.2, 0.25) is 5.91 Å². The number of rotatable bonds is 3. The van der Waals surface area contributed by atoms with Crippen LogP contribution in [0.1, 0.15) is 11.1 Å². The Hall–Kier alpha value is -3.00. The molecule has 0 radical (unpaired) electrons. The van der Waals surface area contributed by atoms with E-state index in [1.807, 2.05) is 6.07 Å². The van der Waals surface area contributed by atoms with E-state index in [4.69, 9.17) is 11.0 Å². The van der Waals surface area contributed by atoms with Crippen molar-refractivity contribution in [3.63, 3.8) is 0 Å². The lowest BCUT2D eigenvalue weighted by molar-refractivity contribution is -0.115. The Bertz CT molecular complexity index is 690. The van der Waals surface area contributed by atoms with Crippen LogP contribution in [-0.2, 0) is 11.2 Å². The minimum atomic E-state index is -0.267. The maximum Gasteiger partial charge on any atom is 0.228 e. The van der Waals surface area contributed by atoms with Crippen LogP contribution in [-0.4, -0.2) is 11.0 Å². The zero-order valence-corrected chi connectivity index (χ0v) is 10.6. The molecule has 0 saturated carbocycles. The highest BCUT2D eigenvalue weighted by atomic mass is 16.3. The number of nitriles is 1. The third kappa shape index (κ3) is 3.27. The molecule has 4 N–H and O–H groups in total. The molecule has 0 spiro atoms. The molecule has 2 rings (SSSR count). The van der Waals surface area contributed by atoms with E-state index < -0.39 is 0 Å². The van der Waals surface area contributed by atoms with Gasteiger partial charge in [-0.15, -0.1) is 0 Å². The van der Waals surface area contributed by atoms with E-state index in [1.54, 1.807) is 24.3 Å². The quantitative estimate of drug-likeness (QED) is 0.741. The van der Waals surface area contributed by atoms with Gasteiger partial charge in [-0.1, -0.05) is 12.1 Å². The van der Waals surface area contributed by atoms with Crippen LogP contribution >= 0.6 is 0 Å². The van der Waals surface area contributed by atoms with E-state index >= 15 is 0 Å². The molecule has 0 bridgehead atoms. The molecule has 5 heteroatoms. The molecule has 0 aliphatic heterocycles. The molecule has 5 nitrogen and oxygen atoms in total. The van der Waals surface area contributed by atoms with E-state index in [9.17, 15) is 9.90 Å². The number of anilines is 2. The van der Waals surface area contributed by atoms with Crippen molar-refractivity contribution in [1.82, 2.24) is 0 Å². The maximum atomic E-state index is 11.9. The van der Waals surface area contributed by atoms with Crippen molar-refractivity contribution in [2.24, 2.45) is 0 Å². The minimum Gasteiger partial charge on any atom is -0.508 e. The maximum absolute atomic E-state index is 11.9. The number of hydrogen-bond acceptors (Lipinski definition) is 4. The summed E-state index contributed by atoms with van der Waals surface area (Å²) in [4.78, 5) is 11.9. The van der Waals surface area contributed by atoms with Gasteiger partial charge in [0.25, 0.3) is 0 Å². The fourth-order valence-electron chi connectivity index (χ4n) is 1.81. The Balaban J connectivity index is 2.11. The predicted octanol–water partition coefficient (Wildman–Crippen LogP) is 2.03. The number of nitrogen functional groups attached to an aromatic ring is 1. The lowest BCUT2D eigenvalue weighted by atomic mass is 10.1. The molecule has 2 aromatic rings. The summed E-state index contributed by atoms with van der Waals surface area (Å²) in [5.41, 5.74) is 7.48. The lowest BCUT2D eigenvalue weighted by Gasteiger charge is -2.08. The summed E-state index contributed by atoms with van der Waals surface area (Å²) < 4.78 is 0. The van der Waals surface area contributed by atoms with E-state index in [1.165, 1.54) is 18.2 Å². The van der Waals surface area contributed by atoms with Crippen molar-refractivity contribution in [3.05, 3.63) is 53.6 Å². The number of carbonyl (C=O) groups excluding carboxylic acids is 1. The van der Waals surface area contributed by atoms with Crippen LogP contribution in [0.25, 0.3) is 0 Å². The number of nitrogens with zero attached hydrogens (tertiary/aromatic N) is 1. The first-order chi connectivity index (χ1) is 9.58. The molecule has 2 aromatic carbocycles. The number of phenolic OH excluding ortho intramolecular Hbond substituents is 1. The van der Waals surface area contributed by atoms with E-state index in [-0.39, 0.29) is 18.1 Å². The number of amides is 1. The molecule has 0 saturated heterocycles. The molecule has 0 aromatic heterocycles. The Labute approximate surface area is 116 Å². The number of aromatic hydroxyl groups is 1. The Kier molecular flexibility index (Phi) is 3.87. The average molecular weight is 267 g/mol. The summed E-state index contributed by atoms with van der Waals surface area (Å²) >= 11 is 0. The average Bonchev–Trinajstić information content (AvgIpc) is 2.40. The molecule has 0 aliphatic carbocycles. The standard InChI is InChI=1S/C15H13N3O2/c16-9-11-8-12(17)4-5-14(11)18-15(20)7-10-2-1-3-13(19)6-10/h1-6,8,19H,7,17H2,(H,18,20). The van der Waals surface area contributed by atoms with Crippen molar-refractivity contribution >= 4 is 17.3 Å². The Morgan fingerprint density at radius 1 is 1.30 bits per heavy atom. The van der Waals surface area contributed by atoms with Gasteiger partial charge in [-0.05, 0) is 35.9 Å². The van der Waals surface area contributed by atoms with Crippen LogP contribution < -0.4 is 11.1 Å². The van der Waals surface area contributed by atoms with E-state index in [2.05, 4.69) is 5.32 Å². The highest BCUT2D eigenvalue weighted by molar-refractivity contribution is 5.93. The van der Waals surface area contributed by atoms with Gasteiger partial charge in [-0.3, -0.25) is 4.79 Å². The van der Waals surface area contributed by atoms with Gasteiger partial charge < -0.3 is 16.2 Å². The molecule has 0 fully saturated rings. The zero-order chi connectivity index (χ0) is 14.5. The van der Waals surface area contributed by atoms with Crippen molar-refractivity contribution in [1.29, 1.82) is 5.26 Å². The van der Waals surface area contributed by atoms with Gasteiger partial charge in [0.1, 0.15) is 11.8 Å². The highest BCUT2D eigenvalue weighted by Gasteiger charge is 2.08. The van der Waals surface area contributed by atoms with Crippen LogP contribution in [0, 0.1) is 11.3 Å². The van der Waals surface area contributed by atoms with Gasteiger partial charge in [-0.25, -0.2) is 0 Å². The van der Waals surface area contributed by atoms with Crippen molar-refractivity contribution in [2.45, 2.75) is 6.42 Å². The van der Waals surface area contributed by atoms with Gasteiger partial charge in [0.05, 0.1) is 17.7 Å². The Morgan fingerprint density at radius 3 is 2.80 bits per heavy atom. The molecule has 20 heavy (non-hydrogen) atoms. The number of nitrogens with one attached hydrogen (secondary N) is 1. The second-order valence-electron chi connectivity index (χ2n) is 4.31. The van der Waals surface area contributed by atoms with Crippen molar-refractivity contribution in [2.75, 3.05) is 11.1 Å². The molecular formula is C15H13N3O2. The molecule has 100 valence electrons. The first-order valence-corrected chi connectivity index (χ1v) is 5.96. The second-order valence-corrected chi connectivity index (χ2v) is 4.31. The van der Waals surface area contributed by atoms with Crippen LogP contribution in [0.4, 0.5) is 11.4 Å². The van der Waals surface area contributed by atoms with E-state index in [0.29, 0.717) is 22.5 Å². The fourth-order valence-corrected chi connectivity index (χ4v) is 1.81. The summed E-state index contributed by atoms with van der Waals surface area (Å²) in [5, 5.41) is 21.0. The molecule has 0 unspecified atom stereocenters. The fraction of sp³-hybridized carbons (Fsp3) is 0.0667. The smallest absolute Gasteiger partial charge is 0.228 e. The van der Waals surface area contributed by atoms with Gasteiger partial charge in [0, 0.05) is 5.69 Å². The third-order valence-corrected chi connectivity index (χ3v) is 2.71. The van der Waals surface area contributed by atoms with Gasteiger partial charge >= 0.3 is 0 Å². The highest BCUT2D eigenvalue weighted by Crippen LogP contribution is 2.18. The summed E-state index contributed by atoms with van der Waals surface area (Å²) in [7, 11) is 0. The second kappa shape index (κ2) is 5.76. The minimum absolute atomic E-state index is 0.112. The van der Waals surface area contributed by atoms with E-state index in [0.717, 1.165) is 0 Å². The largest absolute Gasteiger partial charge is 0.508 e. The number of carbonyl (C=O) groups is 1. The Morgan fingerprint density at radius 2 is 2.10 bits per heavy atom. The third-order valence-electron chi connectivity index (χ3n) is 2.71. The summed E-state index contributed by atoms with van der Waals surface area (Å²) in [6, 6.07) is 13.2. The van der Waals surface area contributed by atoms with Gasteiger partial charge in [-0.2, -0.15) is 5.26 Å². The molecule has 1 amide bonds. The molecule has 0 atom stereocenters. The van der Waals surface area contributed by atoms with Crippen molar-refractivity contribution < 1.29 is 9.90 Å². The topological polar surface area (TPSA) is 99.1 Å². The SMILES string of the molecule is N#Cc1cc(N)ccc1NC(=O)Cc1cccc(O)c1. The van der Waals surface area contributed by atoms with Crippen LogP contribution in [0.2, 0.25) is 0 Å². The summed E-state index contributed by atoms with van der Waals surface area (Å²) in [6.07, 6.45) is 0.115. The molecular weight excluding hydrogens is 254 g/mol. The number of benzene rings is 2. The van der Waals surface area contributed by atoms with Crippen LogP contribution in [0.5, 0.6) is 5.75 Å². The number of phenols is 1. The molecule has 0 aliphatic rings. The monoisotopic (exact) mass is 267 g/mol. The number of hydrogen-bond donors (Lipinski definition) is 3. The van der Waals surface area contributed by atoms with Crippen LogP contribution in [0.15, 0.2) is 42.5 Å². The zero-order valence-electron chi connectivity index (χ0n) is 10.6. The normalized spacial score (nSPS) is 9.75.